The third-order valence-corrected chi connectivity index (χ3v) is 4.27. The number of benzene rings is 2. The Hall–Kier alpha value is -3.67. The van der Waals surface area contributed by atoms with Crippen LogP contribution in [0.3, 0.4) is 0 Å². The van der Waals surface area contributed by atoms with Gasteiger partial charge >= 0.3 is 0 Å². The summed E-state index contributed by atoms with van der Waals surface area (Å²) >= 11 is 0. The second-order valence-corrected chi connectivity index (χ2v) is 6.59. The molecule has 1 N–H and O–H groups in total. The number of aryl methyl sites for hydroxylation is 1. The van der Waals surface area contributed by atoms with Crippen molar-refractivity contribution in [1.29, 1.82) is 0 Å². The minimum absolute atomic E-state index is 0.617. The van der Waals surface area contributed by atoms with E-state index in [1.807, 2.05) is 79.5 Å². The van der Waals surface area contributed by atoms with Crippen LogP contribution in [0.15, 0.2) is 77.3 Å². The molecule has 0 aliphatic heterocycles. The summed E-state index contributed by atoms with van der Waals surface area (Å²) in [6.45, 7) is 2.56. The van der Waals surface area contributed by atoms with E-state index >= 15 is 0 Å². The first-order valence-electron chi connectivity index (χ1n) is 9.07. The Morgan fingerprint density at radius 1 is 0.893 bits per heavy atom. The molecule has 0 spiro atoms. The van der Waals surface area contributed by atoms with Crippen LogP contribution in [-0.2, 0) is 6.54 Å². The molecule has 0 aliphatic carbocycles. The molecule has 28 heavy (non-hydrogen) atoms. The number of anilines is 3. The summed E-state index contributed by atoms with van der Waals surface area (Å²) in [6.07, 6.45) is 0. The number of hydrogen-bond acceptors (Lipinski definition) is 6. The molecule has 0 saturated heterocycles. The first-order chi connectivity index (χ1) is 13.7. The van der Waals surface area contributed by atoms with E-state index in [2.05, 4.69) is 27.6 Å². The van der Waals surface area contributed by atoms with E-state index in [4.69, 9.17) is 9.51 Å². The molecule has 4 aromatic rings. The largest absolute Gasteiger partial charge is 0.360 e. The monoisotopic (exact) mass is 371 g/mol. The van der Waals surface area contributed by atoms with E-state index in [0.29, 0.717) is 24.1 Å². The van der Waals surface area contributed by atoms with E-state index in [9.17, 15) is 0 Å². The highest BCUT2D eigenvalue weighted by molar-refractivity contribution is 5.66. The third kappa shape index (κ3) is 4.17. The quantitative estimate of drug-likeness (QED) is 0.524. The summed E-state index contributed by atoms with van der Waals surface area (Å²) in [6, 6.07) is 24.1. The third-order valence-electron chi connectivity index (χ3n) is 4.27. The summed E-state index contributed by atoms with van der Waals surface area (Å²) in [5.41, 5.74) is 3.06. The van der Waals surface area contributed by atoms with E-state index in [1.54, 1.807) is 0 Å². The van der Waals surface area contributed by atoms with Crippen LogP contribution in [0.2, 0.25) is 0 Å². The topological polar surface area (TPSA) is 67.1 Å². The Balaban J connectivity index is 1.68. The fourth-order valence-corrected chi connectivity index (χ4v) is 2.91. The molecule has 0 bridgehead atoms. The highest BCUT2D eigenvalue weighted by atomic mass is 16.5. The van der Waals surface area contributed by atoms with Gasteiger partial charge in [0.2, 0.25) is 5.95 Å². The van der Waals surface area contributed by atoms with Crippen LogP contribution in [0.25, 0.3) is 11.3 Å². The van der Waals surface area contributed by atoms with Crippen LogP contribution in [-0.4, -0.2) is 22.2 Å². The molecular formula is C22H21N5O. The molecule has 0 fully saturated rings. The van der Waals surface area contributed by atoms with Crippen molar-refractivity contribution in [3.8, 4) is 11.3 Å². The van der Waals surface area contributed by atoms with Crippen LogP contribution in [0.1, 0.15) is 11.3 Å². The van der Waals surface area contributed by atoms with Crippen molar-refractivity contribution in [2.24, 2.45) is 0 Å². The summed E-state index contributed by atoms with van der Waals surface area (Å²) < 4.78 is 5.14. The van der Waals surface area contributed by atoms with Gasteiger partial charge in [-0.3, -0.25) is 0 Å². The molecule has 0 unspecified atom stereocenters. The van der Waals surface area contributed by atoms with Gasteiger partial charge in [-0.25, -0.2) is 4.98 Å². The summed E-state index contributed by atoms with van der Waals surface area (Å²) in [5.74, 6) is 2.65. The molecule has 2 aromatic heterocycles. The van der Waals surface area contributed by atoms with Crippen molar-refractivity contribution < 1.29 is 4.52 Å². The second-order valence-electron chi connectivity index (χ2n) is 6.59. The molecule has 0 atom stereocenters. The van der Waals surface area contributed by atoms with Gasteiger partial charge in [-0.1, -0.05) is 65.8 Å². The number of nitrogens with one attached hydrogen (secondary N) is 1. The fourth-order valence-electron chi connectivity index (χ4n) is 2.91. The number of rotatable bonds is 6. The second kappa shape index (κ2) is 7.92. The lowest BCUT2D eigenvalue weighted by Crippen LogP contribution is -2.19. The Bertz CT molecular complexity index is 1050. The SMILES string of the molecule is Cc1cc(Nc2cc(-c3ccccc3)nc(N(C)Cc3ccccc3)n2)no1. The summed E-state index contributed by atoms with van der Waals surface area (Å²) in [7, 11) is 1.99. The summed E-state index contributed by atoms with van der Waals surface area (Å²) in [5, 5.41) is 7.21. The lowest BCUT2D eigenvalue weighted by atomic mass is 10.1. The van der Waals surface area contributed by atoms with Crippen molar-refractivity contribution in [3.63, 3.8) is 0 Å². The maximum absolute atomic E-state index is 5.14. The van der Waals surface area contributed by atoms with Crippen molar-refractivity contribution in [2.45, 2.75) is 13.5 Å². The van der Waals surface area contributed by atoms with Gasteiger partial charge in [0.1, 0.15) is 11.6 Å². The number of nitrogens with zero attached hydrogens (tertiary/aromatic N) is 4. The average Bonchev–Trinajstić information content (AvgIpc) is 3.13. The molecule has 2 aromatic carbocycles. The highest BCUT2D eigenvalue weighted by Crippen LogP contribution is 2.25. The first kappa shape index (κ1) is 17.7. The lowest BCUT2D eigenvalue weighted by Gasteiger charge is -2.19. The van der Waals surface area contributed by atoms with E-state index in [1.165, 1.54) is 5.56 Å². The Morgan fingerprint density at radius 2 is 1.61 bits per heavy atom. The van der Waals surface area contributed by atoms with Crippen LogP contribution in [0.4, 0.5) is 17.6 Å². The lowest BCUT2D eigenvalue weighted by molar-refractivity contribution is 0.400. The molecule has 6 heteroatoms. The minimum Gasteiger partial charge on any atom is -0.360 e. The molecule has 6 nitrogen and oxygen atoms in total. The zero-order chi connectivity index (χ0) is 19.3. The molecule has 140 valence electrons. The van der Waals surface area contributed by atoms with Gasteiger partial charge in [-0.05, 0) is 12.5 Å². The zero-order valence-corrected chi connectivity index (χ0v) is 15.8. The van der Waals surface area contributed by atoms with Gasteiger partial charge in [0.05, 0.1) is 5.69 Å². The van der Waals surface area contributed by atoms with Crippen molar-refractivity contribution in [1.82, 2.24) is 15.1 Å². The zero-order valence-electron chi connectivity index (χ0n) is 15.8. The average molecular weight is 371 g/mol. The van der Waals surface area contributed by atoms with Crippen LogP contribution >= 0.6 is 0 Å². The summed E-state index contributed by atoms with van der Waals surface area (Å²) in [4.78, 5) is 11.5. The Morgan fingerprint density at radius 3 is 2.29 bits per heavy atom. The van der Waals surface area contributed by atoms with Gasteiger partial charge in [-0.15, -0.1) is 0 Å². The normalized spacial score (nSPS) is 10.6. The molecule has 0 saturated carbocycles. The van der Waals surface area contributed by atoms with Crippen LogP contribution in [0.5, 0.6) is 0 Å². The van der Waals surface area contributed by atoms with Gasteiger partial charge in [-0.2, -0.15) is 4.98 Å². The molecule has 4 rings (SSSR count). The Kier molecular flexibility index (Phi) is 5.01. The molecule has 0 amide bonds. The minimum atomic E-state index is 0.617. The van der Waals surface area contributed by atoms with E-state index < -0.39 is 0 Å². The van der Waals surface area contributed by atoms with E-state index in [-0.39, 0.29) is 0 Å². The number of hydrogen-bond donors (Lipinski definition) is 1. The maximum Gasteiger partial charge on any atom is 0.227 e. The molecule has 0 radical (unpaired) electrons. The standard InChI is InChI=1S/C22H21N5O/c1-16-13-21(26-28-16)24-20-14-19(18-11-7-4-8-12-18)23-22(25-20)27(2)15-17-9-5-3-6-10-17/h3-14H,15H2,1-2H3,(H,23,24,25,26). The Labute approximate surface area is 163 Å². The van der Waals surface area contributed by atoms with Gasteiger partial charge in [0.25, 0.3) is 0 Å². The maximum atomic E-state index is 5.14. The molecule has 0 aliphatic rings. The van der Waals surface area contributed by atoms with Crippen molar-refractivity contribution in [3.05, 3.63) is 84.1 Å². The van der Waals surface area contributed by atoms with Gasteiger partial charge in [0, 0.05) is 31.3 Å². The predicted molar refractivity (Wildman–Crippen MR) is 111 cm³/mol. The first-order valence-corrected chi connectivity index (χ1v) is 9.07. The van der Waals surface area contributed by atoms with Crippen molar-refractivity contribution in [2.75, 3.05) is 17.3 Å². The highest BCUT2D eigenvalue weighted by Gasteiger charge is 2.12. The molecular weight excluding hydrogens is 350 g/mol. The van der Waals surface area contributed by atoms with Crippen LogP contribution in [0, 0.1) is 6.92 Å². The smallest absolute Gasteiger partial charge is 0.227 e. The predicted octanol–water partition coefficient (Wildman–Crippen LogP) is 4.82. The number of aromatic nitrogens is 3. The fraction of sp³-hybridized carbons (Fsp3) is 0.136. The van der Waals surface area contributed by atoms with Gasteiger partial charge < -0.3 is 14.7 Å². The van der Waals surface area contributed by atoms with Crippen LogP contribution < -0.4 is 10.2 Å². The molecule has 2 heterocycles. The van der Waals surface area contributed by atoms with Crippen molar-refractivity contribution >= 4 is 17.6 Å². The van der Waals surface area contributed by atoms with E-state index in [0.717, 1.165) is 17.0 Å². The van der Waals surface area contributed by atoms with Gasteiger partial charge in [0.15, 0.2) is 5.82 Å².